The molecule has 15 heavy (non-hydrogen) atoms. The molecule has 1 aromatic carbocycles. The van der Waals surface area contributed by atoms with Gasteiger partial charge in [0, 0.05) is 11.1 Å². The third kappa shape index (κ3) is 1.43. The summed E-state index contributed by atoms with van der Waals surface area (Å²) in [7, 11) is 0. The van der Waals surface area contributed by atoms with Crippen LogP contribution in [0.4, 0.5) is 5.69 Å². The molecule has 4 nitrogen and oxygen atoms in total. The van der Waals surface area contributed by atoms with Gasteiger partial charge in [0.25, 0.3) is 0 Å². The van der Waals surface area contributed by atoms with Crippen molar-refractivity contribution in [1.82, 2.24) is 4.98 Å². The second kappa shape index (κ2) is 3.17. The number of halogens is 1. The first-order chi connectivity index (χ1) is 7.00. The highest BCUT2D eigenvalue weighted by Crippen LogP contribution is 2.32. The number of H-pyrrole nitrogens is 1. The molecule has 0 unspecified atom stereocenters. The Labute approximate surface area is 90.7 Å². The van der Waals surface area contributed by atoms with E-state index in [9.17, 15) is 4.79 Å². The van der Waals surface area contributed by atoms with Gasteiger partial charge in [0.05, 0.1) is 21.8 Å². The first-order valence-electron chi connectivity index (χ1n) is 4.31. The molecule has 78 valence electrons. The van der Waals surface area contributed by atoms with Crippen LogP contribution in [0.25, 0.3) is 10.9 Å². The number of aryl methyl sites for hydroxylation is 1. The summed E-state index contributed by atoms with van der Waals surface area (Å²) in [5.74, 6) is -1.08. The number of carboxylic acid groups (broad SMARTS) is 1. The molecular formula is C10H9ClN2O2. The van der Waals surface area contributed by atoms with Crippen LogP contribution in [0.3, 0.4) is 0 Å². The van der Waals surface area contributed by atoms with Crippen molar-refractivity contribution in [3.05, 3.63) is 28.4 Å². The smallest absolute Gasteiger partial charge is 0.337 e. The van der Waals surface area contributed by atoms with Crippen LogP contribution in [0.5, 0.6) is 0 Å². The molecule has 0 bridgehead atoms. The number of nitrogens with one attached hydrogen (secondary N) is 1. The molecule has 1 aromatic heterocycles. The largest absolute Gasteiger partial charge is 0.478 e. The third-order valence-electron chi connectivity index (χ3n) is 2.24. The van der Waals surface area contributed by atoms with Crippen LogP contribution in [0, 0.1) is 6.92 Å². The van der Waals surface area contributed by atoms with Crippen molar-refractivity contribution in [2.75, 3.05) is 5.73 Å². The molecular weight excluding hydrogens is 216 g/mol. The van der Waals surface area contributed by atoms with Gasteiger partial charge >= 0.3 is 5.97 Å². The minimum atomic E-state index is -1.08. The van der Waals surface area contributed by atoms with Crippen molar-refractivity contribution >= 4 is 34.2 Å². The SMILES string of the molecule is Cc1cc2c(Cl)c(C(=O)O)cc(N)c2[nH]1. The second-order valence-electron chi connectivity index (χ2n) is 3.37. The zero-order valence-electron chi connectivity index (χ0n) is 7.97. The Morgan fingerprint density at radius 3 is 2.80 bits per heavy atom. The van der Waals surface area contributed by atoms with E-state index in [0.29, 0.717) is 16.6 Å². The lowest BCUT2D eigenvalue weighted by atomic mass is 10.1. The Bertz CT molecular complexity index is 560. The quantitative estimate of drug-likeness (QED) is 0.651. The molecule has 0 aliphatic rings. The predicted molar refractivity (Wildman–Crippen MR) is 59.4 cm³/mol. The summed E-state index contributed by atoms with van der Waals surface area (Å²) in [5, 5.41) is 9.77. The highest BCUT2D eigenvalue weighted by Gasteiger charge is 2.15. The molecule has 0 saturated heterocycles. The lowest BCUT2D eigenvalue weighted by Gasteiger charge is -2.03. The number of hydrogen-bond acceptors (Lipinski definition) is 2. The van der Waals surface area contributed by atoms with Gasteiger partial charge in [-0.15, -0.1) is 0 Å². The van der Waals surface area contributed by atoms with Gasteiger partial charge in [-0.2, -0.15) is 0 Å². The highest BCUT2D eigenvalue weighted by molar-refractivity contribution is 6.38. The van der Waals surface area contributed by atoms with Crippen LogP contribution < -0.4 is 5.73 Å². The number of nitrogen functional groups attached to an aromatic ring is 1. The topological polar surface area (TPSA) is 79.1 Å². The molecule has 5 heteroatoms. The molecule has 0 saturated carbocycles. The number of aromatic nitrogens is 1. The van der Waals surface area contributed by atoms with Crippen molar-refractivity contribution < 1.29 is 9.90 Å². The number of carbonyl (C=O) groups is 1. The van der Waals surface area contributed by atoms with Gasteiger partial charge in [-0.1, -0.05) is 11.6 Å². The van der Waals surface area contributed by atoms with Gasteiger partial charge in [-0.3, -0.25) is 0 Å². The van der Waals surface area contributed by atoms with Crippen LogP contribution >= 0.6 is 11.6 Å². The molecule has 0 radical (unpaired) electrons. The van der Waals surface area contributed by atoms with Gasteiger partial charge in [-0.25, -0.2) is 4.79 Å². The Hall–Kier alpha value is -1.68. The average molecular weight is 225 g/mol. The van der Waals surface area contributed by atoms with E-state index in [-0.39, 0.29) is 10.6 Å². The molecule has 0 spiro atoms. The van der Waals surface area contributed by atoms with E-state index in [0.717, 1.165) is 5.69 Å². The summed E-state index contributed by atoms with van der Waals surface area (Å²) >= 11 is 5.97. The molecule has 0 amide bonds. The summed E-state index contributed by atoms with van der Waals surface area (Å²) in [6.45, 7) is 1.86. The van der Waals surface area contributed by atoms with E-state index in [1.807, 2.05) is 6.92 Å². The monoisotopic (exact) mass is 224 g/mol. The van der Waals surface area contributed by atoms with Crippen LogP contribution in [-0.2, 0) is 0 Å². The maximum atomic E-state index is 10.9. The number of hydrogen-bond donors (Lipinski definition) is 3. The van der Waals surface area contributed by atoms with Gasteiger partial charge in [0.15, 0.2) is 0 Å². The minimum absolute atomic E-state index is 0.0284. The molecule has 0 fully saturated rings. The molecule has 2 rings (SSSR count). The van der Waals surface area contributed by atoms with Crippen molar-refractivity contribution in [2.24, 2.45) is 0 Å². The summed E-state index contributed by atoms with van der Waals surface area (Å²) < 4.78 is 0. The van der Waals surface area contributed by atoms with Crippen LogP contribution in [0.15, 0.2) is 12.1 Å². The molecule has 2 aromatic rings. The number of rotatable bonds is 1. The van der Waals surface area contributed by atoms with Crippen molar-refractivity contribution in [2.45, 2.75) is 6.92 Å². The maximum Gasteiger partial charge on any atom is 0.337 e. The normalized spacial score (nSPS) is 10.8. The fourth-order valence-corrected chi connectivity index (χ4v) is 1.87. The summed E-state index contributed by atoms with van der Waals surface area (Å²) in [6, 6.07) is 3.14. The average Bonchev–Trinajstić information content (AvgIpc) is 2.53. The fourth-order valence-electron chi connectivity index (χ4n) is 1.58. The van der Waals surface area contributed by atoms with Crippen LogP contribution in [-0.4, -0.2) is 16.1 Å². The van der Waals surface area contributed by atoms with Crippen molar-refractivity contribution in [3.8, 4) is 0 Å². The summed E-state index contributed by atoms with van der Waals surface area (Å²) in [6.07, 6.45) is 0. The summed E-state index contributed by atoms with van der Waals surface area (Å²) in [5.41, 5.74) is 7.71. The summed E-state index contributed by atoms with van der Waals surface area (Å²) in [4.78, 5) is 13.9. The zero-order valence-corrected chi connectivity index (χ0v) is 8.72. The minimum Gasteiger partial charge on any atom is -0.478 e. The molecule has 4 N–H and O–H groups in total. The van der Waals surface area contributed by atoms with Gasteiger partial charge in [-0.05, 0) is 19.1 Å². The van der Waals surface area contributed by atoms with Crippen molar-refractivity contribution in [1.29, 1.82) is 0 Å². The number of nitrogens with two attached hydrogens (primary N) is 1. The predicted octanol–water partition coefficient (Wildman–Crippen LogP) is 2.41. The first-order valence-corrected chi connectivity index (χ1v) is 4.69. The van der Waals surface area contributed by atoms with E-state index in [1.165, 1.54) is 6.07 Å². The number of carboxylic acids is 1. The van der Waals surface area contributed by atoms with E-state index < -0.39 is 5.97 Å². The molecule has 0 atom stereocenters. The van der Waals surface area contributed by atoms with Gasteiger partial charge in [0.1, 0.15) is 0 Å². The molecule has 0 aliphatic heterocycles. The van der Waals surface area contributed by atoms with Gasteiger partial charge < -0.3 is 15.8 Å². The third-order valence-corrected chi connectivity index (χ3v) is 2.65. The van der Waals surface area contributed by atoms with Crippen LogP contribution in [0.2, 0.25) is 5.02 Å². The number of benzene rings is 1. The Balaban J connectivity index is 2.89. The van der Waals surface area contributed by atoms with Crippen LogP contribution in [0.1, 0.15) is 16.1 Å². The van der Waals surface area contributed by atoms with E-state index in [4.69, 9.17) is 22.4 Å². The molecule has 0 aliphatic carbocycles. The standard InChI is InChI=1S/C10H9ClN2O2/c1-4-2-5-8(11)6(10(14)15)3-7(12)9(5)13-4/h2-3,13H,12H2,1H3,(H,14,15). The zero-order chi connectivity index (χ0) is 11.2. The lowest BCUT2D eigenvalue weighted by Crippen LogP contribution is -2.00. The van der Waals surface area contributed by atoms with E-state index in [2.05, 4.69) is 4.98 Å². The van der Waals surface area contributed by atoms with Crippen molar-refractivity contribution in [3.63, 3.8) is 0 Å². The Kier molecular flexibility index (Phi) is 2.08. The number of fused-ring (bicyclic) bond motifs is 1. The Morgan fingerprint density at radius 1 is 1.53 bits per heavy atom. The Morgan fingerprint density at radius 2 is 2.20 bits per heavy atom. The number of aromatic amines is 1. The fraction of sp³-hybridized carbons (Fsp3) is 0.100. The second-order valence-corrected chi connectivity index (χ2v) is 3.75. The van der Waals surface area contributed by atoms with Gasteiger partial charge in [0.2, 0.25) is 0 Å². The number of anilines is 1. The first kappa shape index (κ1) is 9.86. The molecule has 1 heterocycles. The lowest BCUT2D eigenvalue weighted by molar-refractivity contribution is 0.0697. The highest BCUT2D eigenvalue weighted by atomic mass is 35.5. The van der Waals surface area contributed by atoms with E-state index >= 15 is 0 Å². The number of aromatic carboxylic acids is 1. The van der Waals surface area contributed by atoms with E-state index in [1.54, 1.807) is 6.07 Å². The maximum absolute atomic E-state index is 10.9.